The van der Waals surface area contributed by atoms with Crippen LogP contribution in [0, 0.1) is 13.8 Å². The van der Waals surface area contributed by atoms with E-state index in [9.17, 15) is 0 Å². The standard InChI is InChI=1S/C18H20N2S/c1-12-13(2)21-18(20-12)11-16(19)10-15-8-5-7-14-6-3-4-9-17(14)15/h3-9,16H,10-11,19H2,1-2H3. The first-order chi connectivity index (χ1) is 10.1. The summed E-state index contributed by atoms with van der Waals surface area (Å²) < 4.78 is 0. The second-order valence-electron chi connectivity index (χ2n) is 5.56. The molecule has 0 radical (unpaired) electrons. The average Bonchev–Trinajstić information content (AvgIpc) is 2.77. The zero-order valence-electron chi connectivity index (χ0n) is 12.5. The summed E-state index contributed by atoms with van der Waals surface area (Å²) >= 11 is 1.77. The van der Waals surface area contributed by atoms with Gasteiger partial charge in [-0.3, -0.25) is 0 Å². The first kappa shape index (κ1) is 14.2. The van der Waals surface area contributed by atoms with Gasteiger partial charge in [0.05, 0.1) is 10.7 Å². The van der Waals surface area contributed by atoms with Crippen molar-refractivity contribution >= 4 is 22.1 Å². The van der Waals surface area contributed by atoms with E-state index < -0.39 is 0 Å². The molecular formula is C18H20N2S. The van der Waals surface area contributed by atoms with E-state index in [-0.39, 0.29) is 6.04 Å². The average molecular weight is 296 g/mol. The number of nitrogens with two attached hydrogens (primary N) is 1. The van der Waals surface area contributed by atoms with E-state index in [1.165, 1.54) is 21.2 Å². The van der Waals surface area contributed by atoms with Gasteiger partial charge in [-0.1, -0.05) is 42.5 Å². The minimum Gasteiger partial charge on any atom is -0.327 e. The van der Waals surface area contributed by atoms with Crippen molar-refractivity contribution in [2.75, 3.05) is 0 Å². The molecule has 0 aliphatic rings. The number of fused-ring (bicyclic) bond motifs is 1. The van der Waals surface area contributed by atoms with Gasteiger partial charge < -0.3 is 5.73 Å². The van der Waals surface area contributed by atoms with Gasteiger partial charge in [0.15, 0.2) is 0 Å². The molecule has 0 fully saturated rings. The highest BCUT2D eigenvalue weighted by Gasteiger charge is 2.11. The zero-order chi connectivity index (χ0) is 14.8. The number of aromatic nitrogens is 1. The lowest BCUT2D eigenvalue weighted by atomic mass is 9.98. The normalized spacial score (nSPS) is 12.7. The molecule has 0 spiro atoms. The highest BCUT2D eigenvalue weighted by molar-refractivity contribution is 7.11. The summed E-state index contributed by atoms with van der Waals surface area (Å²) in [5.41, 5.74) is 8.81. The number of rotatable bonds is 4. The van der Waals surface area contributed by atoms with Crippen LogP contribution in [-0.2, 0) is 12.8 Å². The monoisotopic (exact) mass is 296 g/mol. The van der Waals surface area contributed by atoms with Crippen LogP contribution in [0.15, 0.2) is 42.5 Å². The third-order valence-electron chi connectivity index (χ3n) is 3.87. The molecule has 1 unspecified atom stereocenters. The van der Waals surface area contributed by atoms with Crippen molar-refractivity contribution in [1.82, 2.24) is 4.98 Å². The fourth-order valence-electron chi connectivity index (χ4n) is 2.68. The van der Waals surface area contributed by atoms with Crippen LogP contribution in [0.4, 0.5) is 0 Å². The van der Waals surface area contributed by atoms with Gasteiger partial charge >= 0.3 is 0 Å². The molecule has 1 aromatic heterocycles. The molecule has 1 atom stereocenters. The maximum Gasteiger partial charge on any atom is 0.0946 e. The van der Waals surface area contributed by atoms with Gasteiger partial charge in [0.2, 0.25) is 0 Å². The topological polar surface area (TPSA) is 38.9 Å². The molecule has 3 rings (SSSR count). The lowest BCUT2D eigenvalue weighted by molar-refractivity contribution is 0.664. The molecule has 21 heavy (non-hydrogen) atoms. The SMILES string of the molecule is Cc1nc(CC(N)Cc2cccc3ccccc23)sc1C. The Labute approximate surface area is 129 Å². The number of aryl methyl sites for hydroxylation is 2. The summed E-state index contributed by atoms with van der Waals surface area (Å²) in [6, 6.07) is 15.0. The summed E-state index contributed by atoms with van der Waals surface area (Å²) in [7, 11) is 0. The van der Waals surface area contributed by atoms with Gasteiger partial charge in [-0.2, -0.15) is 0 Å². The fraction of sp³-hybridized carbons (Fsp3) is 0.278. The maximum atomic E-state index is 6.35. The van der Waals surface area contributed by atoms with Crippen molar-refractivity contribution in [1.29, 1.82) is 0 Å². The van der Waals surface area contributed by atoms with E-state index in [4.69, 9.17) is 5.73 Å². The van der Waals surface area contributed by atoms with Gasteiger partial charge in [0, 0.05) is 17.3 Å². The van der Waals surface area contributed by atoms with Crippen LogP contribution in [0.5, 0.6) is 0 Å². The minimum atomic E-state index is 0.112. The molecule has 0 aliphatic heterocycles. The van der Waals surface area contributed by atoms with Crippen LogP contribution in [0.25, 0.3) is 10.8 Å². The molecule has 3 aromatic rings. The Morgan fingerprint density at radius 2 is 1.81 bits per heavy atom. The molecule has 0 amide bonds. The largest absolute Gasteiger partial charge is 0.327 e. The van der Waals surface area contributed by atoms with Crippen LogP contribution in [0.1, 0.15) is 21.1 Å². The Morgan fingerprint density at radius 3 is 2.57 bits per heavy atom. The van der Waals surface area contributed by atoms with Crippen molar-refractivity contribution in [3.63, 3.8) is 0 Å². The van der Waals surface area contributed by atoms with Gasteiger partial charge in [-0.25, -0.2) is 4.98 Å². The van der Waals surface area contributed by atoms with E-state index in [0.29, 0.717) is 0 Å². The van der Waals surface area contributed by atoms with Gasteiger partial charge in [0.1, 0.15) is 0 Å². The smallest absolute Gasteiger partial charge is 0.0946 e. The van der Waals surface area contributed by atoms with Crippen LogP contribution in [0.3, 0.4) is 0 Å². The highest BCUT2D eigenvalue weighted by Crippen LogP contribution is 2.22. The molecule has 0 saturated heterocycles. The Bertz CT molecular complexity index is 736. The predicted molar refractivity (Wildman–Crippen MR) is 90.9 cm³/mol. The minimum absolute atomic E-state index is 0.112. The number of hydrogen-bond donors (Lipinski definition) is 1. The first-order valence-corrected chi connectivity index (χ1v) is 8.10. The molecule has 2 N–H and O–H groups in total. The Balaban J connectivity index is 1.78. The molecule has 0 bridgehead atoms. The Kier molecular flexibility index (Phi) is 4.04. The molecule has 2 aromatic carbocycles. The predicted octanol–water partition coefficient (Wildman–Crippen LogP) is 4.03. The van der Waals surface area contributed by atoms with E-state index in [0.717, 1.165) is 23.5 Å². The van der Waals surface area contributed by atoms with Crippen molar-refractivity contribution in [2.45, 2.75) is 32.7 Å². The van der Waals surface area contributed by atoms with Crippen LogP contribution in [0.2, 0.25) is 0 Å². The number of benzene rings is 2. The molecule has 3 heteroatoms. The first-order valence-electron chi connectivity index (χ1n) is 7.28. The molecular weight excluding hydrogens is 276 g/mol. The molecule has 108 valence electrons. The lowest BCUT2D eigenvalue weighted by Crippen LogP contribution is -2.25. The fourth-order valence-corrected chi connectivity index (χ4v) is 3.70. The lowest BCUT2D eigenvalue weighted by Gasteiger charge is -2.12. The number of thiazole rings is 1. The van der Waals surface area contributed by atoms with E-state index >= 15 is 0 Å². The third kappa shape index (κ3) is 3.14. The molecule has 0 aliphatic carbocycles. The third-order valence-corrected chi connectivity index (χ3v) is 4.97. The summed E-state index contributed by atoms with van der Waals surface area (Å²) in [5.74, 6) is 0. The second kappa shape index (κ2) is 5.96. The van der Waals surface area contributed by atoms with E-state index in [1.807, 2.05) is 0 Å². The second-order valence-corrected chi connectivity index (χ2v) is 6.84. The molecule has 2 nitrogen and oxygen atoms in total. The van der Waals surface area contributed by atoms with Crippen LogP contribution >= 0.6 is 11.3 Å². The van der Waals surface area contributed by atoms with E-state index in [2.05, 4.69) is 61.3 Å². The van der Waals surface area contributed by atoms with Crippen molar-refractivity contribution in [3.05, 3.63) is 63.6 Å². The highest BCUT2D eigenvalue weighted by atomic mass is 32.1. The quantitative estimate of drug-likeness (QED) is 0.789. The summed E-state index contributed by atoms with van der Waals surface area (Å²) in [6.45, 7) is 4.18. The van der Waals surface area contributed by atoms with Gasteiger partial charge in [-0.05, 0) is 36.6 Å². The van der Waals surface area contributed by atoms with Crippen molar-refractivity contribution in [3.8, 4) is 0 Å². The van der Waals surface area contributed by atoms with Crippen molar-refractivity contribution in [2.24, 2.45) is 5.73 Å². The van der Waals surface area contributed by atoms with Crippen LogP contribution < -0.4 is 5.73 Å². The Morgan fingerprint density at radius 1 is 1.05 bits per heavy atom. The van der Waals surface area contributed by atoms with Gasteiger partial charge in [0.25, 0.3) is 0 Å². The number of nitrogens with zero attached hydrogens (tertiary/aromatic N) is 1. The zero-order valence-corrected chi connectivity index (χ0v) is 13.3. The summed E-state index contributed by atoms with van der Waals surface area (Å²) in [4.78, 5) is 5.89. The maximum absolute atomic E-state index is 6.35. The summed E-state index contributed by atoms with van der Waals surface area (Å²) in [5, 5.41) is 3.74. The van der Waals surface area contributed by atoms with Crippen molar-refractivity contribution < 1.29 is 0 Å². The molecule has 0 saturated carbocycles. The van der Waals surface area contributed by atoms with Gasteiger partial charge in [-0.15, -0.1) is 11.3 Å². The molecule has 1 heterocycles. The van der Waals surface area contributed by atoms with Crippen LogP contribution in [-0.4, -0.2) is 11.0 Å². The van der Waals surface area contributed by atoms with E-state index in [1.54, 1.807) is 11.3 Å². The number of hydrogen-bond acceptors (Lipinski definition) is 3. The summed E-state index contributed by atoms with van der Waals surface area (Å²) in [6.07, 6.45) is 1.74. The Hall–Kier alpha value is -1.71.